The largest absolute Gasteiger partial charge is 0.370 e. The van der Waals surface area contributed by atoms with Crippen LogP contribution in [0.1, 0.15) is 66.3 Å². The summed E-state index contributed by atoms with van der Waals surface area (Å²) >= 11 is 1.80. The Morgan fingerprint density at radius 2 is 2.00 bits per heavy atom. The van der Waals surface area contributed by atoms with E-state index in [1.807, 2.05) is 0 Å². The number of primary amides is 1. The minimum Gasteiger partial charge on any atom is -0.370 e. The van der Waals surface area contributed by atoms with Crippen molar-refractivity contribution in [2.24, 2.45) is 16.9 Å². The molecule has 0 radical (unpaired) electrons. The van der Waals surface area contributed by atoms with Gasteiger partial charge in [0.05, 0.1) is 0 Å². The summed E-state index contributed by atoms with van der Waals surface area (Å²) in [5.74, 6) is -0.183. The van der Waals surface area contributed by atoms with E-state index in [1.165, 1.54) is 34.6 Å². The van der Waals surface area contributed by atoms with Gasteiger partial charge in [-0.05, 0) is 50.2 Å². The van der Waals surface area contributed by atoms with E-state index in [4.69, 9.17) is 11.5 Å². The molecule has 1 atom stereocenters. The van der Waals surface area contributed by atoms with Gasteiger partial charge in [0.25, 0.3) is 0 Å². The molecule has 0 aromatic carbocycles. The first kappa shape index (κ1) is 15.5. The minimum atomic E-state index is -0.183. The molecule has 4 N–H and O–H groups in total. The number of carbonyl (C=O) groups is 1. The van der Waals surface area contributed by atoms with Crippen LogP contribution in [0.25, 0.3) is 0 Å². The molecule has 0 saturated heterocycles. The molecule has 1 saturated carbocycles. The molecule has 112 valence electrons. The van der Waals surface area contributed by atoms with Crippen LogP contribution in [0, 0.1) is 19.3 Å². The number of hydrogen-bond acceptors (Lipinski definition) is 3. The molecule has 20 heavy (non-hydrogen) atoms. The van der Waals surface area contributed by atoms with E-state index < -0.39 is 0 Å². The Morgan fingerprint density at radius 3 is 2.50 bits per heavy atom. The average Bonchev–Trinajstić information content (AvgIpc) is 2.68. The smallest absolute Gasteiger partial charge is 0.217 e. The summed E-state index contributed by atoms with van der Waals surface area (Å²) in [4.78, 5) is 14.1. The molecule has 1 aliphatic rings. The van der Waals surface area contributed by atoms with E-state index in [0.29, 0.717) is 6.42 Å². The van der Waals surface area contributed by atoms with Gasteiger partial charge in [-0.25, -0.2) is 0 Å². The van der Waals surface area contributed by atoms with Crippen molar-refractivity contribution >= 4 is 17.2 Å². The zero-order valence-corrected chi connectivity index (χ0v) is 13.4. The molecule has 1 aliphatic carbocycles. The molecule has 1 amide bonds. The van der Waals surface area contributed by atoms with Gasteiger partial charge in [-0.2, -0.15) is 0 Å². The predicted molar refractivity (Wildman–Crippen MR) is 84.7 cm³/mol. The summed E-state index contributed by atoms with van der Waals surface area (Å²) in [6.07, 6.45) is 7.21. The molecular weight excluding hydrogens is 268 g/mol. The molecule has 0 bridgehead atoms. The summed E-state index contributed by atoms with van der Waals surface area (Å²) in [5, 5.41) is 0. The monoisotopic (exact) mass is 294 g/mol. The maximum Gasteiger partial charge on any atom is 0.217 e. The van der Waals surface area contributed by atoms with E-state index >= 15 is 0 Å². The van der Waals surface area contributed by atoms with Crippen molar-refractivity contribution in [2.45, 2.75) is 64.8 Å². The zero-order valence-electron chi connectivity index (χ0n) is 12.6. The molecule has 0 aliphatic heterocycles. The van der Waals surface area contributed by atoms with E-state index in [-0.39, 0.29) is 17.4 Å². The Hall–Kier alpha value is -0.870. The van der Waals surface area contributed by atoms with Gasteiger partial charge in [0.2, 0.25) is 5.91 Å². The van der Waals surface area contributed by atoms with Crippen LogP contribution >= 0.6 is 11.3 Å². The predicted octanol–water partition coefficient (Wildman–Crippen LogP) is 3.58. The Balaban J connectivity index is 2.14. The molecule has 1 fully saturated rings. The topological polar surface area (TPSA) is 69.1 Å². The van der Waals surface area contributed by atoms with Crippen molar-refractivity contribution in [3.63, 3.8) is 0 Å². The molecular formula is C16H26N2OS. The fourth-order valence-corrected chi connectivity index (χ4v) is 4.72. The van der Waals surface area contributed by atoms with E-state index in [2.05, 4.69) is 19.9 Å². The Bertz CT molecular complexity index is 475. The van der Waals surface area contributed by atoms with Crippen LogP contribution in [-0.2, 0) is 4.79 Å². The number of thiophene rings is 1. The number of amides is 1. The second kappa shape index (κ2) is 6.27. The second-order valence-electron chi connectivity index (χ2n) is 6.38. The third kappa shape index (κ3) is 3.61. The lowest BCUT2D eigenvalue weighted by Crippen LogP contribution is -2.33. The van der Waals surface area contributed by atoms with Gasteiger partial charge in [-0.1, -0.05) is 19.3 Å². The number of hydrogen-bond donors (Lipinski definition) is 2. The third-order valence-electron chi connectivity index (χ3n) is 4.60. The lowest BCUT2D eigenvalue weighted by atomic mass is 9.67. The first-order valence-electron chi connectivity index (χ1n) is 7.53. The summed E-state index contributed by atoms with van der Waals surface area (Å²) in [6.45, 7) is 4.25. The fourth-order valence-electron chi connectivity index (χ4n) is 3.72. The third-order valence-corrected chi connectivity index (χ3v) is 5.58. The highest BCUT2D eigenvalue weighted by Gasteiger charge is 2.35. The van der Waals surface area contributed by atoms with Gasteiger partial charge in [0.1, 0.15) is 0 Å². The number of rotatable bonds is 5. The van der Waals surface area contributed by atoms with E-state index in [1.54, 1.807) is 11.3 Å². The molecule has 1 heterocycles. The molecule has 3 nitrogen and oxygen atoms in total. The molecule has 4 heteroatoms. The molecule has 1 unspecified atom stereocenters. The highest BCUT2D eigenvalue weighted by atomic mass is 32.1. The summed E-state index contributed by atoms with van der Waals surface area (Å²) in [7, 11) is 0. The first-order chi connectivity index (χ1) is 9.42. The molecule has 1 aromatic heterocycles. The van der Waals surface area contributed by atoms with Crippen LogP contribution in [0.3, 0.4) is 0 Å². The van der Waals surface area contributed by atoms with Gasteiger partial charge in [0, 0.05) is 22.2 Å². The van der Waals surface area contributed by atoms with Gasteiger partial charge in [-0.15, -0.1) is 11.3 Å². The van der Waals surface area contributed by atoms with Gasteiger partial charge >= 0.3 is 0 Å². The van der Waals surface area contributed by atoms with Crippen LogP contribution in [0.4, 0.5) is 0 Å². The maximum absolute atomic E-state index is 11.4. The van der Waals surface area contributed by atoms with Gasteiger partial charge < -0.3 is 11.5 Å². The quantitative estimate of drug-likeness (QED) is 0.871. The van der Waals surface area contributed by atoms with Crippen molar-refractivity contribution in [2.75, 3.05) is 0 Å². The zero-order chi connectivity index (χ0) is 14.8. The van der Waals surface area contributed by atoms with E-state index in [0.717, 1.165) is 19.3 Å². The number of nitrogens with two attached hydrogens (primary N) is 2. The summed E-state index contributed by atoms with van der Waals surface area (Å²) in [5.41, 5.74) is 13.2. The Kier molecular flexibility index (Phi) is 4.86. The van der Waals surface area contributed by atoms with Gasteiger partial charge in [-0.3, -0.25) is 4.79 Å². The van der Waals surface area contributed by atoms with Crippen molar-refractivity contribution in [3.8, 4) is 0 Å². The molecule has 0 spiro atoms. The SMILES string of the molecule is Cc1cc(C(N)CC2(CC(N)=O)CCCCC2)c(C)s1. The number of aryl methyl sites for hydroxylation is 2. The number of carbonyl (C=O) groups excluding carboxylic acids is 1. The first-order valence-corrected chi connectivity index (χ1v) is 8.34. The fraction of sp³-hybridized carbons (Fsp3) is 0.688. The van der Waals surface area contributed by atoms with E-state index in [9.17, 15) is 4.79 Å². The van der Waals surface area contributed by atoms with Crippen molar-refractivity contribution < 1.29 is 4.79 Å². The van der Waals surface area contributed by atoms with Crippen LogP contribution in [0.15, 0.2) is 6.07 Å². The van der Waals surface area contributed by atoms with Crippen molar-refractivity contribution in [1.29, 1.82) is 0 Å². The Labute approximate surface area is 125 Å². The van der Waals surface area contributed by atoms with Crippen LogP contribution in [-0.4, -0.2) is 5.91 Å². The van der Waals surface area contributed by atoms with Crippen molar-refractivity contribution in [1.82, 2.24) is 0 Å². The molecule has 2 rings (SSSR count). The normalized spacial score (nSPS) is 19.8. The summed E-state index contributed by atoms with van der Waals surface area (Å²) in [6, 6.07) is 2.23. The molecule has 1 aromatic rings. The second-order valence-corrected chi connectivity index (χ2v) is 7.84. The van der Waals surface area contributed by atoms with Crippen LogP contribution in [0.2, 0.25) is 0 Å². The van der Waals surface area contributed by atoms with Crippen LogP contribution < -0.4 is 11.5 Å². The van der Waals surface area contributed by atoms with Crippen molar-refractivity contribution in [3.05, 3.63) is 21.4 Å². The minimum absolute atomic E-state index is 0.0254. The standard InChI is InChI=1S/C16H26N2OS/c1-11-8-13(12(2)20-11)14(17)9-16(10-15(18)19)6-4-3-5-7-16/h8,14H,3-7,9-10,17H2,1-2H3,(H2,18,19). The average molecular weight is 294 g/mol. The lowest BCUT2D eigenvalue weighted by molar-refractivity contribution is -0.121. The Morgan fingerprint density at radius 1 is 1.35 bits per heavy atom. The van der Waals surface area contributed by atoms with Gasteiger partial charge in [0.15, 0.2) is 0 Å². The highest BCUT2D eigenvalue weighted by Crippen LogP contribution is 2.45. The summed E-state index contributed by atoms with van der Waals surface area (Å²) < 4.78 is 0. The lowest BCUT2D eigenvalue weighted by Gasteiger charge is -2.38. The maximum atomic E-state index is 11.4. The van der Waals surface area contributed by atoms with Crippen LogP contribution in [0.5, 0.6) is 0 Å². The highest BCUT2D eigenvalue weighted by molar-refractivity contribution is 7.12.